The van der Waals surface area contributed by atoms with Gasteiger partial charge in [-0.25, -0.2) is 0 Å². The van der Waals surface area contributed by atoms with Gasteiger partial charge in [0, 0.05) is 45.0 Å². The van der Waals surface area contributed by atoms with Crippen molar-refractivity contribution in [3.8, 4) is 5.75 Å². The first-order valence-electron chi connectivity index (χ1n) is 14.6. The Bertz CT molecular complexity index is 1440. The molecular weight excluding hydrogens is 556 g/mol. The summed E-state index contributed by atoms with van der Waals surface area (Å²) in [6, 6.07) is 12.1. The summed E-state index contributed by atoms with van der Waals surface area (Å²) in [5.41, 5.74) is 9.23. The van der Waals surface area contributed by atoms with Gasteiger partial charge >= 0.3 is 0 Å². The lowest BCUT2D eigenvalue weighted by Crippen LogP contribution is -2.51. The lowest BCUT2D eigenvalue weighted by Gasteiger charge is -2.27. The van der Waals surface area contributed by atoms with Crippen LogP contribution in [0.4, 0.5) is 0 Å². The van der Waals surface area contributed by atoms with Gasteiger partial charge in [0.2, 0.25) is 17.7 Å². The first kappa shape index (κ1) is 29.8. The Balaban J connectivity index is 1.26. The number of aromatic nitrogens is 2. The van der Waals surface area contributed by atoms with Crippen LogP contribution in [0.5, 0.6) is 5.75 Å². The van der Waals surface area contributed by atoms with Crippen molar-refractivity contribution in [2.75, 3.05) is 26.7 Å². The Morgan fingerprint density at radius 1 is 1.12 bits per heavy atom. The number of aryl methyl sites for hydroxylation is 1. The molecule has 2 aliphatic rings. The highest BCUT2D eigenvalue weighted by Gasteiger charge is 2.41. The molecule has 5 rings (SSSR count). The van der Waals surface area contributed by atoms with Gasteiger partial charge in [-0.1, -0.05) is 29.8 Å². The lowest BCUT2D eigenvalue weighted by molar-refractivity contribution is -0.140. The first-order chi connectivity index (χ1) is 20.2. The van der Waals surface area contributed by atoms with Gasteiger partial charge < -0.3 is 25.6 Å². The summed E-state index contributed by atoms with van der Waals surface area (Å²) in [5, 5.41) is 8.56. The Hall–Kier alpha value is -3.63. The van der Waals surface area contributed by atoms with Crippen LogP contribution >= 0.6 is 11.6 Å². The molecule has 3 atom stereocenters. The molecule has 2 saturated heterocycles. The van der Waals surface area contributed by atoms with Crippen LogP contribution in [0.15, 0.2) is 42.5 Å². The minimum atomic E-state index is -0.844. The van der Waals surface area contributed by atoms with Crippen LogP contribution in [0, 0.1) is 5.92 Å². The van der Waals surface area contributed by atoms with Gasteiger partial charge in [-0.05, 0) is 73.4 Å². The van der Waals surface area contributed by atoms with E-state index in [1.807, 2.05) is 54.4 Å². The number of carbonyl (C=O) groups is 3. The number of ether oxygens (including phenoxy) is 1. The maximum absolute atomic E-state index is 13.6. The fourth-order valence-electron chi connectivity index (χ4n) is 6.07. The zero-order chi connectivity index (χ0) is 29.8. The molecule has 224 valence electrons. The first-order valence-corrected chi connectivity index (χ1v) is 15.0. The number of hydrogen-bond donors (Lipinski definition) is 2. The zero-order valence-electron chi connectivity index (χ0n) is 24.2. The summed E-state index contributed by atoms with van der Waals surface area (Å²) < 4.78 is 6.98. The minimum absolute atomic E-state index is 0.0375. The van der Waals surface area contributed by atoms with Crippen LogP contribution in [0.1, 0.15) is 43.2 Å². The molecule has 0 spiro atoms. The number of nitrogens with zero attached hydrogens (tertiary/aromatic N) is 4. The Morgan fingerprint density at radius 2 is 1.83 bits per heavy atom. The van der Waals surface area contributed by atoms with E-state index in [-0.39, 0.29) is 36.5 Å². The summed E-state index contributed by atoms with van der Waals surface area (Å²) in [5.74, 6) is 0.400. The minimum Gasteiger partial charge on any atom is -0.497 e. The second kappa shape index (κ2) is 13.1. The molecule has 0 aliphatic carbocycles. The van der Waals surface area contributed by atoms with Crippen molar-refractivity contribution in [1.29, 1.82) is 0 Å². The summed E-state index contributed by atoms with van der Waals surface area (Å²) in [7, 11) is 3.45. The molecule has 2 aromatic carbocycles. The number of likely N-dealkylation sites (tertiary alicyclic amines) is 2. The Kier molecular flexibility index (Phi) is 9.33. The molecule has 3 amide bonds. The van der Waals surface area contributed by atoms with E-state index in [0.29, 0.717) is 24.7 Å². The maximum atomic E-state index is 13.6. The molecule has 2 fully saturated rings. The largest absolute Gasteiger partial charge is 0.497 e. The number of nitrogens with two attached hydrogens (primary N) is 1. The number of amides is 3. The number of rotatable bonds is 10. The number of methoxy groups -OCH3 is 1. The summed E-state index contributed by atoms with van der Waals surface area (Å²) >= 11 is 6.20. The van der Waals surface area contributed by atoms with Crippen LogP contribution in [0.2, 0.25) is 5.15 Å². The number of nitrogens with one attached hydrogen (secondary N) is 1. The summed E-state index contributed by atoms with van der Waals surface area (Å²) in [4.78, 5) is 43.2. The van der Waals surface area contributed by atoms with Gasteiger partial charge in [0.05, 0.1) is 18.7 Å². The van der Waals surface area contributed by atoms with Gasteiger partial charge in [-0.3, -0.25) is 19.1 Å². The van der Waals surface area contributed by atoms with Crippen molar-refractivity contribution < 1.29 is 19.1 Å². The molecular formula is C31H39ClN6O4. The van der Waals surface area contributed by atoms with E-state index in [9.17, 15) is 14.4 Å². The zero-order valence-corrected chi connectivity index (χ0v) is 25.0. The highest BCUT2D eigenvalue weighted by atomic mass is 35.5. The average molecular weight is 595 g/mol. The van der Waals surface area contributed by atoms with E-state index in [0.717, 1.165) is 60.1 Å². The SMILES string of the molecule is COc1ccc(C[C@@H]2C[C@@H](C(=O)NCc3ccc4c(Cl)nn(C)c4c3)N(C(=O)[C@H](N)CCC(=O)N3CCCC3)C2)cc1. The molecule has 10 nitrogen and oxygen atoms in total. The smallest absolute Gasteiger partial charge is 0.243 e. The van der Waals surface area contributed by atoms with E-state index in [2.05, 4.69) is 10.4 Å². The molecule has 42 heavy (non-hydrogen) atoms. The average Bonchev–Trinajstić information content (AvgIpc) is 3.74. The summed E-state index contributed by atoms with van der Waals surface area (Å²) in [6.07, 6.45) is 3.77. The second-order valence-electron chi connectivity index (χ2n) is 11.4. The molecule has 0 unspecified atom stereocenters. The van der Waals surface area contributed by atoms with Gasteiger partial charge in [0.15, 0.2) is 5.15 Å². The molecule has 3 heterocycles. The number of hydrogen-bond acceptors (Lipinski definition) is 6. The summed E-state index contributed by atoms with van der Waals surface area (Å²) in [6.45, 7) is 2.26. The van der Waals surface area contributed by atoms with Crippen LogP contribution in [0.25, 0.3) is 10.9 Å². The molecule has 2 aliphatic heterocycles. The maximum Gasteiger partial charge on any atom is 0.243 e. The van der Waals surface area contributed by atoms with Crippen molar-refractivity contribution in [2.45, 2.75) is 57.2 Å². The molecule has 11 heteroatoms. The number of fused-ring (bicyclic) bond motifs is 1. The predicted octanol–water partition coefficient (Wildman–Crippen LogP) is 3.04. The van der Waals surface area contributed by atoms with Crippen molar-refractivity contribution in [1.82, 2.24) is 24.9 Å². The van der Waals surface area contributed by atoms with Crippen LogP contribution in [0.3, 0.4) is 0 Å². The predicted molar refractivity (Wildman–Crippen MR) is 161 cm³/mol. The molecule has 0 bridgehead atoms. The van der Waals surface area contributed by atoms with Crippen molar-refractivity contribution in [2.24, 2.45) is 18.7 Å². The van der Waals surface area contributed by atoms with E-state index in [1.165, 1.54) is 0 Å². The fraction of sp³-hybridized carbons (Fsp3) is 0.484. The quantitative estimate of drug-likeness (QED) is 0.372. The van der Waals surface area contributed by atoms with Crippen LogP contribution in [-0.2, 0) is 34.4 Å². The number of carbonyl (C=O) groups excluding carboxylic acids is 3. The molecule has 3 aromatic rings. The van der Waals surface area contributed by atoms with E-state index in [1.54, 1.807) is 16.7 Å². The standard InChI is InChI=1S/C31H39ClN6O4/c1-36-26-16-21(7-10-24(26)29(32)35-36)18-34-30(40)27-17-22(15-20-5-8-23(42-2)9-6-20)19-38(27)31(41)25(33)11-12-28(39)37-13-3-4-14-37/h5-10,16,22,25,27H,3-4,11-15,17-19,33H2,1-2H3,(H,34,40)/t22-,25-,27+/m1/s1. The van der Waals surface area contributed by atoms with Crippen LogP contribution in [-0.4, -0.2) is 76.1 Å². The van der Waals surface area contributed by atoms with E-state index in [4.69, 9.17) is 22.1 Å². The Labute approximate surface area is 251 Å². The fourth-order valence-corrected chi connectivity index (χ4v) is 6.35. The number of benzene rings is 2. The molecule has 3 N–H and O–H groups in total. The molecule has 0 saturated carbocycles. The van der Waals surface area contributed by atoms with Gasteiger partial charge in [0.25, 0.3) is 0 Å². The van der Waals surface area contributed by atoms with Gasteiger partial charge in [0.1, 0.15) is 11.8 Å². The van der Waals surface area contributed by atoms with E-state index >= 15 is 0 Å². The topological polar surface area (TPSA) is 123 Å². The highest BCUT2D eigenvalue weighted by Crippen LogP contribution is 2.29. The third kappa shape index (κ3) is 6.71. The molecule has 1 aromatic heterocycles. The van der Waals surface area contributed by atoms with Gasteiger partial charge in [-0.15, -0.1) is 0 Å². The van der Waals surface area contributed by atoms with Crippen molar-refractivity contribution in [3.05, 3.63) is 58.7 Å². The van der Waals surface area contributed by atoms with Crippen molar-refractivity contribution >= 4 is 40.2 Å². The highest BCUT2D eigenvalue weighted by molar-refractivity contribution is 6.34. The van der Waals surface area contributed by atoms with Gasteiger partial charge in [-0.2, -0.15) is 5.10 Å². The monoisotopic (exact) mass is 594 g/mol. The third-order valence-electron chi connectivity index (χ3n) is 8.44. The lowest BCUT2D eigenvalue weighted by atomic mass is 9.96. The second-order valence-corrected chi connectivity index (χ2v) is 11.7. The normalized spacial score (nSPS) is 19.3. The van der Waals surface area contributed by atoms with E-state index < -0.39 is 12.1 Å². The van der Waals surface area contributed by atoms with Crippen molar-refractivity contribution in [3.63, 3.8) is 0 Å². The molecule has 0 radical (unpaired) electrons. The van der Waals surface area contributed by atoms with Crippen LogP contribution < -0.4 is 15.8 Å². The number of halogens is 1. The third-order valence-corrected chi connectivity index (χ3v) is 8.72. The Morgan fingerprint density at radius 3 is 2.55 bits per heavy atom.